The molecule has 0 bridgehead atoms. The Hall–Kier alpha value is -1.87. The number of aryl methyl sites for hydroxylation is 1. The first kappa shape index (κ1) is 14.1. The maximum absolute atomic E-state index is 5.24. The van der Waals surface area contributed by atoms with Crippen LogP contribution in [0.3, 0.4) is 0 Å². The summed E-state index contributed by atoms with van der Waals surface area (Å²) in [6, 6.07) is 15.0. The molecule has 110 valence electrons. The Labute approximate surface area is 126 Å². The van der Waals surface area contributed by atoms with Crippen molar-refractivity contribution < 1.29 is 4.74 Å². The van der Waals surface area contributed by atoms with Crippen molar-refractivity contribution in [1.29, 1.82) is 0 Å². The average Bonchev–Trinajstić information content (AvgIpc) is 3.33. The molecule has 21 heavy (non-hydrogen) atoms. The number of hydrogen-bond acceptors (Lipinski definition) is 3. The smallest absolute Gasteiger partial charge is 0.118 e. The lowest BCUT2D eigenvalue weighted by Crippen LogP contribution is -2.23. The van der Waals surface area contributed by atoms with Crippen molar-refractivity contribution in [2.45, 2.75) is 32.4 Å². The summed E-state index contributed by atoms with van der Waals surface area (Å²) in [6.45, 7) is 2.85. The van der Waals surface area contributed by atoms with Gasteiger partial charge in [-0.05, 0) is 55.5 Å². The van der Waals surface area contributed by atoms with Crippen LogP contribution in [0.4, 0.5) is 0 Å². The van der Waals surface area contributed by atoms with Crippen LogP contribution in [0.5, 0.6) is 5.75 Å². The molecule has 3 nitrogen and oxygen atoms in total. The second kappa shape index (κ2) is 6.27. The lowest BCUT2D eigenvalue weighted by Gasteiger charge is -2.19. The number of rotatable bonds is 6. The third kappa shape index (κ3) is 3.61. The fourth-order valence-electron chi connectivity index (χ4n) is 2.71. The standard InChI is InChI=1S/C18H22N2O/c1-13-4-3-5-16(20-13)12-19-18(14-6-7-14)15-8-10-17(21-2)11-9-15/h3-5,8-11,14,18-19H,6-7,12H2,1-2H3. The highest BCUT2D eigenvalue weighted by Gasteiger charge is 2.31. The van der Waals surface area contributed by atoms with Crippen LogP contribution in [0.1, 0.15) is 35.8 Å². The molecule has 0 radical (unpaired) electrons. The van der Waals surface area contributed by atoms with Crippen LogP contribution in [-0.4, -0.2) is 12.1 Å². The van der Waals surface area contributed by atoms with Gasteiger partial charge in [0.2, 0.25) is 0 Å². The van der Waals surface area contributed by atoms with Crippen molar-refractivity contribution in [3.63, 3.8) is 0 Å². The van der Waals surface area contributed by atoms with Crippen LogP contribution >= 0.6 is 0 Å². The van der Waals surface area contributed by atoms with Gasteiger partial charge in [0.1, 0.15) is 5.75 Å². The van der Waals surface area contributed by atoms with Gasteiger partial charge >= 0.3 is 0 Å². The quantitative estimate of drug-likeness (QED) is 0.878. The molecule has 1 fully saturated rings. The molecule has 1 aliphatic carbocycles. The van der Waals surface area contributed by atoms with E-state index in [4.69, 9.17) is 4.74 Å². The number of pyridine rings is 1. The van der Waals surface area contributed by atoms with Crippen molar-refractivity contribution in [2.75, 3.05) is 7.11 Å². The van der Waals surface area contributed by atoms with Gasteiger partial charge in [-0.2, -0.15) is 0 Å². The van der Waals surface area contributed by atoms with Crippen LogP contribution in [-0.2, 0) is 6.54 Å². The number of benzene rings is 1. The highest BCUT2D eigenvalue weighted by Crippen LogP contribution is 2.41. The van der Waals surface area contributed by atoms with E-state index >= 15 is 0 Å². The van der Waals surface area contributed by atoms with Gasteiger partial charge in [-0.3, -0.25) is 4.98 Å². The van der Waals surface area contributed by atoms with Crippen LogP contribution in [0.2, 0.25) is 0 Å². The monoisotopic (exact) mass is 282 g/mol. The highest BCUT2D eigenvalue weighted by atomic mass is 16.5. The van der Waals surface area contributed by atoms with E-state index in [1.54, 1.807) is 7.11 Å². The second-order valence-corrected chi connectivity index (χ2v) is 5.74. The zero-order valence-corrected chi connectivity index (χ0v) is 12.7. The molecule has 1 saturated carbocycles. The third-order valence-corrected chi connectivity index (χ3v) is 4.02. The van der Waals surface area contributed by atoms with Crippen molar-refractivity contribution in [2.24, 2.45) is 5.92 Å². The van der Waals surface area contributed by atoms with E-state index in [0.717, 1.165) is 29.6 Å². The number of aromatic nitrogens is 1. The molecule has 2 aromatic rings. The second-order valence-electron chi connectivity index (χ2n) is 5.74. The van der Waals surface area contributed by atoms with Crippen LogP contribution < -0.4 is 10.1 Å². The number of nitrogens with one attached hydrogen (secondary N) is 1. The summed E-state index contributed by atoms with van der Waals surface area (Å²) >= 11 is 0. The molecule has 1 aliphatic rings. The zero-order valence-electron chi connectivity index (χ0n) is 12.7. The van der Waals surface area contributed by atoms with Gasteiger partial charge in [-0.15, -0.1) is 0 Å². The minimum absolute atomic E-state index is 0.415. The summed E-state index contributed by atoms with van der Waals surface area (Å²) in [7, 11) is 1.70. The van der Waals surface area contributed by atoms with E-state index in [1.807, 2.05) is 25.1 Å². The van der Waals surface area contributed by atoms with E-state index in [-0.39, 0.29) is 0 Å². The first-order valence-corrected chi connectivity index (χ1v) is 7.56. The Kier molecular flexibility index (Phi) is 4.20. The Bertz CT molecular complexity index is 590. The van der Waals surface area contributed by atoms with Crippen LogP contribution in [0.15, 0.2) is 42.5 Å². The number of methoxy groups -OCH3 is 1. The number of nitrogens with zero attached hydrogens (tertiary/aromatic N) is 1. The number of hydrogen-bond donors (Lipinski definition) is 1. The van der Waals surface area contributed by atoms with Gasteiger partial charge < -0.3 is 10.1 Å². The molecule has 0 saturated heterocycles. The lowest BCUT2D eigenvalue weighted by molar-refractivity contribution is 0.413. The predicted molar refractivity (Wildman–Crippen MR) is 84.3 cm³/mol. The van der Waals surface area contributed by atoms with E-state index in [2.05, 4.69) is 34.6 Å². The third-order valence-electron chi connectivity index (χ3n) is 4.02. The molecular formula is C18H22N2O. The fourth-order valence-corrected chi connectivity index (χ4v) is 2.71. The Morgan fingerprint density at radius 2 is 1.95 bits per heavy atom. The van der Waals surface area contributed by atoms with Crippen molar-refractivity contribution in [3.8, 4) is 5.75 Å². The molecule has 3 heteroatoms. The maximum Gasteiger partial charge on any atom is 0.118 e. The molecule has 1 N–H and O–H groups in total. The van der Waals surface area contributed by atoms with Crippen LogP contribution in [0, 0.1) is 12.8 Å². The van der Waals surface area contributed by atoms with Gasteiger partial charge in [0.25, 0.3) is 0 Å². The molecule has 1 unspecified atom stereocenters. The predicted octanol–water partition coefficient (Wildman–Crippen LogP) is 3.64. The Morgan fingerprint density at radius 1 is 1.19 bits per heavy atom. The summed E-state index contributed by atoms with van der Waals surface area (Å²) in [4.78, 5) is 4.56. The molecule has 3 rings (SSSR count). The maximum atomic E-state index is 5.24. The molecule has 1 atom stereocenters. The SMILES string of the molecule is COc1ccc(C(NCc2cccc(C)n2)C2CC2)cc1. The normalized spacial score (nSPS) is 15.7. The first-order valence-electron chi connectivity index (χ1n) is 7.56. The summed E-state index contributed by atoms with van der Waals surface area (Å²) in [5.74, 6) is 1.66. The van der Waals surface area contributed by atoms with E-state index < -0.39 is 0 Å². The molecule has 1 aromatic carbocycles. The minimum atomic E-state index is 0.415. The molecule has 0 aliphatic heterocycles. The summed E-state index contributed by atoms with van der Waals surface area (Å²) < 4.78 is 5.24. The minimum Gasteiger partial charge on any atom is -0.497 e. The topological polar surface area (TPSA) is 34.1 Å². The molecule has 1 heterocycles. The summed E-state index contributed by atoms with van der Waals surface area (Å²) in [5, 5.41) is 3.68. The van der Waals surface area contributed by atoms with Crippen molar-refractivity contribution in [1.82, 2.24) is 10.3 Å². The fraction of sp³-hybridized carbons (Fsp3) is 0.389. The zero-order chi connectivity index (χ0) is 14.7. The van der Waals surface area contributed by atoms with Gasteiger partial charge in [0.05, 0.1) is 12.8 Å². The Balaban J connectivity index is 1.69. The van der Waals surface area contributed by atoms with Crippen molar-refractivity contribution >= 4 is 0 Å². The van der Waals surface area contributed by atoms with Crippen molar-refractivity contribution in [3.05, 3.63) is 59.4 Å². The average molecular weight is 282 g/mol. The molecule has 0 spiro atoms. The lowest BCUT2D eigenvalue weighted by atomic mass is 10.0. The molecule has 0 amide bonds. The van der Waals surface area contributed by atoms with E-state index in [1.165, 1.54) is 18.4 Å². The Morgan fingerprint density at radius 3 is 2.57 bits per heavy atom. The van der Waals surface area contributed by atoms with E-state index in [9.17, 15) is 0 Å². The highest BCUT2D eigenvalue weighted by molar-refractivity contribution is 5.30. The molecular weight excluding hydrogens is 260 g/mol. The van der Waals surface area contributed by atoms with Crippen LogP contribution in [0.25, 0.3) is 0 Å². The van der Waals surface area contributed by atoms with E-state index in [0.29, 0.717) is 6.04 Å². The molecule has 1 aromatic heterocycles. The number of ether oxygens (including phenoxy) is 1. The van der Waals surface area contributed by atoms with Gasteiger partial charge in [-0.1, -0.05) is 18.2 Å². The van der Waals surface area contributed by atoms with Gasteiger partial charge in [-0.25, -0.2) is 0 Å². The largest absolute Gasteiger partial charge is 0.497 e. The summed E-state index contributed by atoms with van der Waals surface area (Å²) in [5.41, 5.74) is 3.52. The van der Waals surface area contributed by atoms with Gasteiger partial charge in [0, 0.05) is 18.3 Å². The van der Waals surface area contributed by atoms with Gasteiger partial charge in [0.15, 0.2) is 0 Å². The first-order chi connectivity index (χ1) is 10.3. The summed E-state index contributed by atoms with van der Waals surface area (Å²) in [6.07, 6.45) is 2.62.